The Kier molecular flexibility index (Phi) is 3.57. The number of hydrogen-bond donors (Lipinski definition) is 1. The predicted octanol–water partition coefficient (Wildman–Crippen LogP) is 3.65. The van der Waals surface area contributed by atoms with Crippen LogP contribution in [0, 0.1) is 0 Å². The van der Waals surface area contributed by atoms with E-state index in [1.54, 1.807) is 22.7 Å². The van der Waals surface area contributed by atoms with Crippen molar-refractivity contribution in [3.63, 3.8) is 0 Å². The molecule has 80 valence electrons. The van der Waals surface area contributed by atoms with Crippen molar-refractivity contribution in [3.05, 3.63) is 44.3 Å². The zero-order chi connectivity index (χ0) is 10.7. The SMILES string of the molecule is CCc1ccc(C(O)Cc2cccs2)s1. The average Bonchev–Trinajstić information content (AvgIpc) is 2.86. The molecule has 0 amide bonds. The highest BCUT2D eigenvalue weighted by Crippen LogP contribution is 2.27. The third-order valence-electron chi connectivity index (χ3n) is 2.33. The van der Waals surface area contributed by atoms with Crippen LogP contribution in [-0.2, 0) is 12.8 Å². The maximum absolute atomic E-state index is 10.0. The summed E-state index contributed by atoms with van der Waals surface area (Å²) in [7, 11) is 0. The van der Waals surface area contributed by atoms with Gasteiger partial charge < -0.3 is 5.11 Å². The Labute approximate surface area is 98.0 Å². The normalized spacial score (nSPS) is 12.9. The van der Waals surface area contributed by atoms with E-state index in [1.165, 1.54) is 9.75 Å². The van der Waals surface area contributed by atoms with Gasteiger partial charge in [-0.2, -0.15) is 0 Å². The molecule has 2 aromatic rings. The standard InChI is InChI=1S/C12H14OS2/c1-2-9-5-6-12(15-9)11(13)8-10-4-3-7-14-10/h3-7,11,13H,2,8H2,1H3. The van der Waals surface area contributed by atoms with Crippen molar-refractivity contribution in [2.45, 2.75) is 25.9 Å². The highest BCUT2D eigenvalue weighted by Gasteiger charge is 2.11. The van der Waals surface area contributed by atoms with Gasteiger partial charge in [-0.05, 0) is 30.0 Å². The Morgan fingerprint density at radius 2 is 2.13 bits per heavy atom. The molecular weight excluding hydrogens is 224 g/mol. The van der Waals surface area contributed by atoms with E-state index in [2.05, 4.69) is 19.1 Å². The van der Waals surface area contributed by atoms with Gasteiger partial charge in [-0.15, -0.1) is 22.7 Å². The molecule has 0 aliphatic heterocycles. The largest absolute Gasteiger partial charge is 0.387 e. The summed E-state index contributed by atoms with van der Waals surface area (Å²) in [5.74, 6) is 0. The minimum Gasteiger partial charge on any atom is -0.387 e. The quantitative estimate of drug-likeness (QED) is 0.862. The Hall–Kier alpha value is -0.640. The van der Waals surface area contributed by atoms with Crippen LogP contribution in [0.5, 0.6) is 0 Å². The molecule has 1 N–H and O–H groups in total. The number of aliphatic hydroxyl groups excluding tert-OH is 1. The molecule has 0 saturated heterocycles. The lowest BCUT2D eigenvalue weighted by molar-refractivity contribution is 0.183. The van der Waals surface area contributed by atoms with Crippen LogP contribution < -0.4 is 0 Å². The molecule has 3 heteroatoms. The van der Waals surface area contributed by atoms with Gasteiger partial charge in [0.2, 0.25) is 0 Å². The molecule has 2 heterocycles. The van der Waals surface area contributed by atoms with E-state index in [-0.39, 0.29) is 6.10 Å². The molecule has 2 rings (SSSR count). The van der Waals surface area contributed by atoms with Crippen molar-refractivity contribution < 1.29 is 5.11 Å². The topological polar surface area (TPSA) is 20.2 Å². The minimum absolute atomic E-state index is 0.339. The fraction of sp³-hybridized carbons (Fsp3) is 0.333. The van der Waals surface area contributed by atoms with E-state index in [0.717, 1.165) is 17.7 Å². The molecule has 0 fully saturated rings. The first-order chi connectivity index (χ1) is 7.29. The van der Waals surface area contributed by atoms with Gasteiger partial charge in [0.25, 0.3) is 0 Å². The maximum Gasteiger partial charge on any atom is 0.0930 e. The monoisotopic (exact) mass is 238 g/mol. The van der Waals surface area contributed by atoms with Crippen molar-refractivity contribution in [2.24, 2.45) is 0 Å². The number of aliphatic hydroxyl groups is 1. The fourth-order valence-corrected chi connectivity index (χ4v) is 3.17. The van der Waals surface area contributed by atoms with Gasteiger partial charge in [-0.3, -0.25) is 0 Å². The minimum atomic E-state index is -0.339. The molecule has 0 aromatic carbocycles. The van der Waals surface area contributed by atoms with Gasteiger partial charge in [0.1, 0.15) is 0 Å². The zero-order valence-electron chi connectivity index (χ0n) is 8.64. The molecule has 0 saturated carbocycles. The molecule has 0 bridgehead atoms. The van der Waals surface area contributed by atoms with Gasteiger partial charge >= 0.3 is 0 Å². The Morgan fingerprint density at radius 3 is 2.73 bits per heavy atom. The lowest BCUT2D eigenvalue weighted by Gasteiger charge is -2.05. The van der Waals surface area contributed by atoms with Crippen molar-refractivity contribution in [2.75, 3.05) is 0 Å². The smallest absolute Gasteiger partial charge is 0.0930 e. The molecule has 0 radical (unpaired) electrons. The van der Waals surface area contributed by atoms with E-state index in [0.29, 0.717) is 0 Å². The second kappa shape index (κ2) is 4.92. The van der Waals surface area contributed by atoms with Crippen LogP contribution in [0.2, 0.25) is 0 Å². The highest BCUT2D eigenvalue weighted by molar-refractivity contribution is 7.12. The molecule has 15 heavy (non-hydrogen) atoms. The summed E-state index contributed by atoms with van der Waals surface area (Å²) in [4.78, 5) is 3.67. The van der Waals surface area contributed by atoms with Crippen molar-refractivity contribution in [1.82, 2.24) is 0 Å². The lowest BCUT2D eigenvalue weighted by Crippen LogP contribution is -1.97. The molecular formula is C12H14OS2. The van der Waals surface area contributed by atoms with Gasteiger partial charge in [0.15, 0.2) is 0 Å². The number of thiophene rings is 2. The van der Waals surface area contributed by atoms with Crippen LogP contribution in [0.15, 0.2) is 29.6 Å². The molecule has 0 aliphatic carbocycles. The number of hydrogen-bond acceptors (Lipinski definition) is 3. The first kappa shape index (κ1) is 10.9. The second-order valence-electron chi connectivity index (χ2n) is 3.46. The summed E-state index contributed by atoms with van der Waals surface area (Å²) >= 11 is 3.42. The molecule has 1 unspecified atom stereocenters. The third kappa shape index (κ3) is 2.68. The van der Waals surface area contributed by atoms with Crippen LogP contribution in [0.4, 0.5) is 0 Å². The third-order valence-corrected chi connectivity index (χ3v) is 4.56. The maximum atomic E-state index is 10.0. The van der Waals surface area contributed by atoms with Crippen LogP contribution >= 0.6 is 22.7 Å². The zero-order valence-corrected chi connectivity index (χ0v) is 10.3. The predicted molar refractivity (Wildman–Crippen MR) is 66.7 cm³/mol. The molecule has 1 atom stereocenters. The van der Waals surface area contributed by atoms with Crippen molar-refractivity contribution in [3.8, 4) is 0 Å². The summed E-state index contributed by atoms with van der Waals surface area (Å²) in [5.41, 5.74) is 0. The van der Waals surface area contributed by atoms with E-state index >= 15 is 0 Å². The summed E-state index contributed by atoms with van der Waals surface area (Å²) in [6.07, 6.45) is 1.45. The number of aryl methyl sites for hydroxylation is 1. The summed E-state index contributed by atoms with van der Waals surface area (Å²) in [5, 5.41) is 12.1. The fourth-order valence-electron chi connectivity index (χ4n) is 1.48. The Morgan fingerprint density at radius 1 is 1.27 bits per heavy atom. The molecule has 0 aliphatic rings. The van der Waals surface area contributed by atoms with Crippen molar-refractivity contribution >= 4 is 22.7 Å². The first-order valence-corrected chi connectivity index (χ1v) is 6.78. The molecule has 2 aromatic heterocycles. The van der Waals surface area contributed by atoms with E-state index < -0.39 is 0 Å². The van der Waals surface area contributed by atoms with E-state index in [1.807, 2.05) is 17.5 Å². The van der Waals surface area contributed by atoms with Crippen molar-refractivity contribution in [1.29, 1.82) is 0 Å². The highest BCUT2D eigenvalue weighted by atomic mass is 32.1. The van der Waals surface area contributed by atoms with Crippen LogP contribution in [0.1, 0.15) is 27.7 Å². The van der Waals surface area contributed by atoms with Crippen LogP contribution in [0.25, 0.3) is 0 Å². The summed E-state index contributed by atoms with van der Waals surface area (Å²) < 4.78 is 0. The van der Waals surface area contributed by atoms with Gasteiger partial charge in [-0.1, -0.05) is 13.0 Å². The van der Waals surface area contributed by atoms with E-state index in [4.69, 9.17) is 0 Å². The van der Waals surface area contributed by atoms with Crippen LogP contribution in [0.3, 0.4) is 0 Å². The summed E-state index contributed by atoms with van der Waals surface area (Å²) in [6, 6.07) is 8.25. The number of rotatable bonds is 4. The molecule has 0 spiro atoms. The summed E-state index contributed by atoms with van der Waals surface area (Å²) in [6.45, 7) is 2.14. The van der Waals surface area contributed by atoms with E-state index in [9.17, 15) is 5.11 Å². The van der Waals surface area contributed by atoms with Gasteiger partial charge in [0, 0.05) is 21.1 Å². The Balaban J connectivity index is 2.04. The first-order valence-electron chi connectivity index (χ1n) is 5.08. The van der Waals surface area contributed by atoms with Crippen LogP contribution in [-0.4, -0.2) is 5.11 Å². The van der Waals surface area contributed by atoms with Gasteiger partial charge in [0.05, 0.1) is 6.10 Å². The van der Waals surface area contributed by atoms with Gasteiger partial charge in [-0.25, -0.2) is 0 Å². The average molecular weight is 238 g/mol. The Bertz CT molecular complexity index is 403. The second-order valence-corrected chi connectivity index (χ2v) is 5.69. The lowest BCUT2D eigenvalue weighted by atomic mass is 10.2. The molecule has 1 nitrogen and oxygen atoms in total.